The van der Waals surface area contributed by atoms with Gasteiger partial charge in [0.1, 0.15) is 5.75 Å². The summed E-state index contributed by atoms with van der Waals surface area (Å²) in [5, 5.41) is 6.16. The van der Waals surface area contributed by atoms with Gasteiger partial charge in [0.05, 0.1) is 4.47 Å². The molecule has 29 heavy (non-hydrogen) atoms. The van der Waals surface area contributed by atoms with Crippen molar-refractivity contribution in [2.24, 2.45) is 0 Å². The second-order valence-corrected chi connectivity index (χ2v) is 7.50. The Kier molecular flexibility index (Phi) is 9.44. The van der Waals surface area contributed by atoms with E-state index in [1.165, 1.54) is 0 Å². The zero-order valence-electron chi connectivity index (χ0n) is 16.3. The second-order valence-electron chi connectivity index (χ2n) is 6.21. The van der Waals surface area contributed by atoms with Gasteiger partial charge in [-0.1, -0.05) is 17.7 Å². The van der Waals surface area contributed by atoms with Gasteiger partial charge in [0.25, 0.3) is 11.8 Å². The summed E-state index contributed by atoms with van der Waals surface area (Å²) in [5.41, 5.74) is 0.982. The highest BCUT2D eigenvalue weighted by Gasteiger charge is 2.17. The highest BCUT2D eigenvalue weighted by atomic mass is 79.9. The molecule has 0 aromatic heterocycles. The van der Waals surface area contributed by atoms with Gasteiger partial charge >= 0.3 is 0 Å². The molecule has 2 aromatic carbocycles. The molecule has 2 rings (SSSR count). The minimum atomic E-state index is -0.747. The van der Waals surface area contributed by atoms with Crippen LogP contribution in [0.5, 0.6) is 5.75 Å². The quantitative estimate of drug-likeness (QED) is 0.482. The van der Waals surface area contributed by atoms with E-state index >= 15 is 0 Å². The van der Waals surface area contributed by atoms with E-state index < -0.39 is 6.10 Å². The minimum Gasteiger partial charge on any atom is -0.480 e. The van der Waals surface area contributed by atoms with Gasteiger partial charge < -0.3 is 20.1 Å². The van der Waals surface area contributed by atoms with Crippen molar-refractivity contribution >= 4 is 45.0 Å². The fraction of sp³-hybridized carbons (Fsp3) is 0.333. The molecule has 8 heteroatoms. The number of nitrogens with one attached hydrogen (secondary N) is 2. The average molecular weight is 484 g/mol. The summed E-state index contributed by atoms with van der Waals surface area (Å²) in [4.78, 5) is 24.7. The minimum absolute atomic E-state index is 0.202. The Morgan fingerprint density at radius 3 is 2.72 bits per heavy atom. The van der Waals surface area contributed by atoms with Crippen LogP contribution in [0.2, 0.25) is 5.02 Å². The number of hydrogen-bond acceptors (Lipinski definition) is 4. The number of hydrogen-bond donors (Lipinski definition) is 2. The molecule has 0 radical (unpaired) electrons. The van der Waals surface area contributed by atoms with Crippen molar-refractivity contribution in [1.29, 1.82) is 0 Å². The number of carbonyl (C=O) groups is 2. The molecule has 0 aliphatic carbocycles. The predicted molar refractivity (Wildman–Crippen MR) is 118 cm³/mol. The number of amides is 2. The lowest BCUT2D eigenvalue weighted by Gasteiger charge is -2.16. The molecular weight excluding hydrogens is 460 g/mol. The van der Waals surface area contributed by atoms with Crippen LogP contribution in [0.4, 0.5) is 5.69 Å². The largest absolute Gasteiger partial charge is 0.480 e. The second kappa shape index (κ2) is 11.8. The molecule has 0 saturated heterocycles. The van der Waals surface area contributed by atoms with Crippen molar-refractivity contribution < 1.29 is 19.1 Å². The summed E-state index contributed by atoms with van der Waals surface area (Å²) in [6.45, 7) is 5.36. The smallest absolute Gasteiger partial charge is 0.265 e. The first kappa shape index (κ1) is 23.2. The van der Waals surface area contributed by atoms with Gasteiger partial charge in [-0.2, -0.15) is 0 Å². The summed E-state index contributed by atoms with van der Waals surface area (Å²) in [6.07, 6.45) is -0.00555. The molecule has 2 aromatic rings. The molecule has 0 aliphatic heterocycles. The van der Waals surface area contributed by atoms with E-state index in [0.29, 0.717) is 46.3 Å². The molecule has 1 unspecified atom stereocenters. The van der Waals surface area contributed by atoms with Gasteiger partial charge in [0.2, 0.25) is 0 Å². The maximum absolute atomic E-state index is 12.5. The number of benzene rings is 2. The van der Waals surface area contributed by atoms with Crippen molar-refractivity contribution in [3.8, 4) is 5.75 Å². The van der Waals surface area contributed by atoms with Crippen molar-refractivity contribution in [2.45, 2.75) is 26.4 Å². The monoisotopic (exact) mass is 482 g/mol. The van der Waals surface area contributed by atoms with Crippen LogP contribution < -0.4 is 15.4 Å². The Balaban J connectivity index is 1.91. The molecule has 0 spiro atoms. The van der Waals surface area contributed by atoms with E-state index in [9.17, 15) is 9.59 Å². The molecule has 0 saturated carbocycles. The number of halogens is 2. The van der Waals surface area contributed by atoms with Crippen LogP contribution in [0, 0.1) is 0 Å². The maximum Gasteiger partial charge on any atom is 0.265 e. The number of anilines is 1. The Morgan fingerprint density at radius 2 is 2.00 bits per heavy atom. The fourth-order valence-electron chi connectivity index (χ4n) is 2.42. The summed E-state index contributed by atoms with van der Waals surface area (Å²) in [6, 6.07) is 11.8. The molecular formula is C21H24BrClN2O4. The Labute approximate surface area is 184 Å². The molecule has 0 aliphatic rings. The molecule has 1 atom stereocenters. The Hall–Kier alpha value is -2.09. The zero-order valence-corrected chi connectivity index (χ0v) is 18.7. The van der Waals surface area contributed by atoms with Crippen LogP contribution in [0.1, 0.15) is 30.6 Å². The molecule has 156 valence electrons. The number of rotatable bonds is 10. The van der Waals surface area contributed by atoms with E-state index in [2.05, 4.69) is 26.6 Å². The highest BCUT2D eigenvalue weighted by molar-refractivity contribution is 9.10. The number of carbonyl (C=O) groups excluding carboxylic acids is 2. The van der Waals surface area contributed by atoms with Crippen molar-refractivity contribution in [1.82, 2.24) is 5.32 Å². The van der Waals surface area contributed by atoms with Gasteiger partial charge in [-0.3, -0.25) is 9.59 Å². The molecule has 2 amide bonds. The predicted octanol–water partition coefficient (Wildman–Crippen LogP) is 4.66. The lowest BCUT2D eigenvalue weighted by molar-refractivity contribution is -0.122. The van der Waals surface area contributed by atoms with Crippen LogP contribution >= 0.6 is 27.5 Å². The summed E-state index contributed by atoms with van der Waals surface area (Å²) >= 11 is 9.27. The van der Waals surface area contributed by atoms with E-state index in [4.69, 9.17) is 21.1 Å². The van der Waals surface area contributed by atoms with E-state index in [1.807, 2.05) is 6.92 Å². The first-order valence-electron chi connectivity index (χ1n) is 9.29. The molecule has 2 N–H and O–H groups in total. The van der Waals surface area contributed by atoms with Gasteiger partial charge in [-0.15, -0.1) is 0 Å². The lowest BCUT2D eigenvalue weighted by atomic mass is 10.2. The third-order valence-corrected chi connectivity index (χ3v) is 4.77. The molecule has 0 bridgehead atoms. The summed E-state index contributed by atoms with van der Waals surface area (Å²) in [5.74, 6) is -0.0228. The van der Waals surface area contributed by atoms with Crippen LogP contribution in [-0.2, 0) is 9.53 Å². The van der Waals surface area contributed by atoms with Gasteiger partial charge in [0, 0.05) is 36.0 Å². The van der Waals surface area contributed by atoms with Crippen molar-refractivity contribution in [2.75, 3.05) is 25.1 Å². The van der Waals surface area contributed by atoms with Crippen LogP contribution in [0.15, 0.2) is 46.9 Å². The molecule has 0 fully saturated rings. The first-order chi connectivity index (χ1) is 13.9. The Morgan fingerprint density at radius 1 is 1.21 bits per heavy atom. The van der Waals surface area contributed by atoms with Crippen molar-refractivity contribution in [3.63, 3.8) is 0 Å². The Bertz CT molecular complexity index is 847. The van der Waals surface area contributed by atoms with E-state index in [-0.39, 0.29) is 11.8 Å². The third-order valence-electron chi connectivity index (χ3n) is 3.91. The third kappa shape index (κ3) is 7.68. The summed E-state index contributed by atoms with van der Waals surface area (Å²) < 4.78 is 11.6. The average Bonchev–Trinajstić information content (AvgIpc) is 2.70. The van der Waals surface area contributed by atoms with Crippen LogP contribution in [-0.4, -0.2) is 37.7 Å². The zero-order chi connectivity index (χ0) is 21.2. The molecule has 6 nitrogen and oxygen atoms in total. The van der Waals surface area contributed by atoms with Crippen molar-refractivity contribution in [3.05, 3.63) is 57.5 Å². The first-order valence-corrected chi connectivity index (χ1v) is 10.5. The normalized spacial score (nSPS) is 11.6. The number of ether oxygens (including phenoxy) is 2. The standard InChI is InChI=1S/C21H24BrClN2O4/c1-3-28-11-5-10-24-21(27)15-6-4-7-17(12-15)25-20(26)14(2)29-19-9-8-16(23)13-18(19)22/h4,6-9,12-14H,3,5,10-11H2,1-2H3,(H,24,27)(H,25,26). The topological polar surface area (TPSA) is 76.7 Å². The SMILES string of the molecule is CCOCCCNC(=O)c1cccc(NC(=O)C(C)Oc2ccc(Cl)cc2Br)c1. The van der Waals surface area contributed by atoms with E-state index in [1.54, 1.807) is 49.4 Å². The molecule has 0 heterocycles. The van der Waals surface area contributed by atoms with Gasteiger partial charge in [0.15, 0.2) is 6.10 Å². The fourth-order valence-corrected chi connectivity index (χ4v) is 3.20. The van der Waals surface area contributed by atoms with E-state index in [0.717, 1.165) is 6.42 Å². The van der Waals surface area contributed by atoms with Gasteiger partial charge in [-0.05, 0) is 72.6 Å². The van der Waals surface area contributed by atoms with Crippen LogP contribution in [0.3, 0.4) is 0 Å². The van der Waals surface area contributed by atoms with Crippen LogP contribution in [0.25, 0.3) is 0 Å². The van der Waals surface area contributed by atoms with Gasteiger partial charge in [-0.25, -0.2) is 0 Å². The lowest BCUT2D eigenvalue weighted by Crippen LogP contribution is -2.30. The maximum atomic E-state index is 12.5. The highest BCUT2D eigenvalue weighted by Crippen LogP contribution is 2.28. The summed E-state index contributed by atoms with van der Waals surface area (Å²) in [7, 11) is 0.